The van der Waals surface area contributed by atoms with E-state index in [9.17, 15) is 9.59 Å². The molecule has 0 fully saturated rings. The zero-order valence-electron chi connectivity index (χ0n) is 16.0. The third-order valence-corrected chi connectivity index (χ3v) is 5.37. The molecule has 0 saturated carbocycles. The van der Waals surface area contributed by atoms with Gasteiger partial charge < -0.3 is 10.2 Å². The van der Waals surface area contributed by atoms with Gasteiger partial charge in [0.2, 0.25) is 5.91 Å². The largest absolute Gasteiger partial charge is 0.340 e. The van der Waals surface area contributed by atoms with E-state index in [-0.39, 0.29) is 17.7 Å². The molecule has 0 aliphatic carbocycles. The van der Waals surface area contributed by atoms with E-state index in [1.165, 1.54) is 4.90 Å². The summed E-state index contributed by atoms with van der Waals surface area (Å²) < 4.78 is 0. The van der Waals surface area contributed by atoms with E-state index < -0.39 is 6.04 Å². The molecule has 0 saturated heterocycles. The van der Waals surface area contributed by atoms with Gasteiger partial charge in [-0.1, -0.05) is 49.7 Å². The number of rotatable bonds is 7. The lowest BCUT2D eigenvalue weighted by Gasteiger charge is -2.27. The minimum Gasteiger partial charge on any atom is -0.340 e. The van der Waals surface area contributed by atoms with Crippen molar-refractivity contribution in [3.63, 3.8) is 0 Å². The van der Waals surface area contributed by atoms with Crippen molar-refractivity contribution in [2.45, 2.75) is 31.3 Å². The van der Waals surface area contributed by atoms with E-state index in [1.54, 1.807) is 48.0 Å². The van der Waals surface area contributed by atoms with E-state index >= 15 is 0 Å². The maximum absolute atomic E-state index is 12.9. The van der Waals surface area contributed by atoms with Gasteiger partial charge >= 0.3 is 0 Å². The molecule has 4 nitrogen and oxygen atoms in total. The Balaban J connectivity index is 2.09. The Hall–Kier alpha value is -1.98. The molecular weight excluding hydrogens is 380 g/mol. The van der Waals surface area contributed by atoms with Crippen molar-refractivity contribution < 1.29 is 9.59 Å². The van der Waals surface area contributed by atoms with Crippen LogP contribution < -0.4 is 5.32 Å². The topological polar surface area (TPSA) is 49.4 Å². The third kappa shape index (κ3) is 5.75. The number of nitrogens with one attached hydrogen (secondary N) is 1. The summed E-state index contributed by atoms with van der Waals surface area (Å²) in [7, 11) is 1.75. The first-order valence-electron chi connectivity index (χ1n) is 8.76. The number of carbonyl (C=O) groups excluding carboxylic acids is 2. The van der Waals surface area contributed by atoms with Crippen LogP contribution in [0.1, 0.15) is 29.8 Å². The lowest BCUT2D eigenvalue weighted by atomic mass is 10.0. The van der Waals surface area contributed by atoms with Crippen LogP contribution in [0.5, 0.6) is 0 Å². The SMILES string of the molecule is CSc1ccc(CN(C)C(=O)[C@@H](NC(=O)c2ccccc2Cl)C(C)C)cc1. The Morgan fingerprint density at radius 1 is 1.11 bits per heavy atom. The number of hydrogen-bond acceptors (Lipinski definition) is 3. The second kappa shape index (κ2) is 9.81. The lowest BCUT2D eigenvalue weighted by molar-refractivity contribution is -0.133. The fourth-order valence-corrected chi connectivity index (χ4v) is 3.33. The van der Waals surface area contributed by atoms with Crippen LogP contribution in [0.2, 0.25) is 5.02 Å². The summed E-state index contributed by atoms with van der Waals surface area (Å²) in [6.07, 6.45) is 2.03. The molecule has 2 rings (SSSR count). The van der Waals surface area contributed by atoms with Crippen LogP contribution in [0.15, 0.2) is 53.4 Å². The summed E-state index contributed by atoms with van der Waals surface area (Å²) in [6.45, 7) is 4.31. The van der Waals surface area contributed by atoms with E-state index in [1.807, 2.05) is 44.4 Å². The Labute approximate surface area is 170 Å². The molecule has 1 atom stereocenters. The number of likely N-dealkylation sites (N-methyl/N-ethyl adjacent to an activating group) is 1. The Bertz CT molecular complexity index is 793. The van der Waals surface area contributed by atoms with Crippen molar-refractivity contribution >= 4 is 35.2 Å². The molecule has 2 amide bonds. The summed E-state index contributed by atoms with van der Waals surface area (Å²) in [6, 6.07) is 14.3. The molecule has 2 aromatic carbocycles. The van der Waals surface area contributed by atoms with Crippen molar-refractivity contribution in [2.75, 3.05) is 13.3 Å². The van der Waals surface area contributed by atoms with Gasteiger partial charge in [0.25, 0.3) is 5.91 Å². The first-order valence-corrected chi connectivity index (χ1v) is 10.4. The Morgan fingerprint density at radius 3 is 2.30 bits per heavy atom. The van der Waals surface area contributed by atoms with Gasteiger partial charge in [-0.2, -0.15) is 0 Å². The minimum absolute atomic E-state index is 0.0507. The van der Waals surface area contributed by atoms with Gasteiger partial charge in [-0.15, -0.1) is 11.8 Å². The molecule has 0 aliphatic heterocycles. The van der Waals surface area contributed by atoms with Gasteiger partial charge in [-0.3, -0.25) is 9.59 Å². The number of benzene rings is 2. The zero-order valence-corrected chi connectivity index (χ0v) is 17.6. The van der Waals surface area contributed by atoms with Crippen LogP contribution in [-0.2, 0) is 11.3 Å². The van der Waals surface area contributed by atoms with E-state index in [2.05, 4.69) is 5.32 Å². The number of nitrogens with zero attached hydrogens (tertiary/aromatic N) is 1. The van der Waals surface area contributed by atoms with Gasteiger partial charge in [0.05, 0.1) is 10.6 Å². The third-order valence-electron chi connectivity index (χ3n) is 4.29. The molecule has 0 radical (unpaired) electrons. The first-order chi connectivity index (χ1) is 12.8. The van der Waals surface area contributed by atoms with E-state index in [0.29, 0.717) is 17.1 Å². The quantitative estimate of drug-likeness (QED) is 0.692. The highest BCUT2D eigenvalue weighted by Crippen LogP contribution is 2.18. The first kappa shape index (κ1) is 21.3. The molecular formula is C21H25ClN2O2S. The van der Waals surface area contributed by atoms with Crippen molar-refractivity contribution in [1.29, 1.82) is 0 Å². The predicted octanol–water partition coefficient (Wildman–Crippen LogP) is 4.47. The van der Waals surface area contributed by atoms with Crippen LogP contribution >= 0.6 is 23.4 Å². The highest BCUT2D eigenvalue weighted by atomic mass is 35.5. The summed E-state index contributed by atoms with van der Waals surface area (Å²) >= 11 is 7.78. The van der Waals surface area contributed by atoms with Gasteiger partial charge in [0.15, 0.2) is 0 Å². The monoisotopic (exact) mass is 404 g/mol. The maximum atomic E-state index is 12.9. The zero-order chi connectivity index (χ0) is 20.0. The van der Waals surface area contributed by atoms with Crippen LogP contribution in [0.25, 0.3) is 0 Å². The summed E-state index contributed by atoms with van der Waals surface area (Å²) in [5.74, 6) is -0.519. The second-order valence-corrected chi connectivity index (χ2v) is 8.00. The number of thioether (sulfide) groups is 1. The van der Waals surface area contributed by atoms with Crippen LogP contribution in [0.3, 0.4) is 0 Å². The van der Waals surface area contributed by atoms with Gasteiger partial charge in [0, 0.05) is 18.5 Å². The molecule has 0 aromatic heterocycles. The molecule has 0 aliphatic rings. The van der Waals surface area contributed by atoms with Crippen LogP contribution in [-0.4, -0.2) is 36.1 Å². The summed E-state index contributed by atoms with van der Waals surface area (Å²) in [4.78, 5) is 28.3. The van der Waals surface area contributed by atoms with Gasteiger partial charge in [0.1, 0.15) is 6.04 Å². The second-order valence-electron chi connectivity index (χ2n) is 6.72. The van der Waals surface area contributed by atoms with E-state index in [0.717, 1.165) is 5.56 Å². The molecule has 0 unspecified atom stereocenters. The normalized spacial score (nSPS) is 11.9. The van der Waals surface area contributed by atoms with Crippen LogP contribution in [0.4, 0.5) is 0 Å². The van der Waals surface area contributed by atoms with Crippen molar-refractivity contribution in [2.24, 2.45) is 5.92 Å². The van der Waals surface area contributed by atoms with Crippen molar-refractivity contribution in [3.05, 3.63) is 64.7 Å². The van der Waals surface area contributed by atoms with E-state index in [4.69, 9.17) is 11.6 Å². The number of amides is 2. The highest BCUT2D eigenvalue weighted by molar-refractivity contribution is 7.98. The molecule has 6 heteroatoms. The molecule has 0 heterocycles. The summed E-state index contributed by atoms with van der Waals surface area (Å²) in [5.41, 5.74) is 1.41. The molecule has 0 bridgehead atoms. The molecule has 0 spiro atoms. The lowest BCUT2D eigenvalue weighted by Crippen LogP contribution is -2.50. The smallest absolute Gasteiger partial charge is 0.253 e. The maximum Gasteiger partial charge on any atom is 0.253 e. The molecule has 144 valence electrons. The predicted molar refractivity (Wildman–Crippen MR) is 112 cm³/mol. The standard InChI is InChI=1S/C21H25ClN2O2S/c1-14(2)19(23-20(25)17-7-5-6-8-18(17)22)21(26)24(3)13-15-9-11-16(27-4)12-10-15/h5-12,14,19H,13H2,1-4H3,(H,23,25)/t19-/m0/s1. The average molecular weight is 405 g/mol. The highest BCUT2D eigenvalue weighted by Gasteiger charge is 2.28. The van der Waals surface area contributed by atoms with Crippen molar-refractivity contribution in [3.8, 4) is 0 Å². The summed E-state index contributed by atoms with van der Waals surface area (Å²) in [5, 5.41) is 3.21. The van der Waals surface area contributed by atoms with Crippen LogP contribution in [0, 0.1) is 5.92 Å². The minimum atomic E-state index is -0.621. The fourth-order valence-electron chi connectivity index (χ4n) is 2.70. The molecule has 2 aromatic rings. The Morgan fingerprint density at radius 2 is 1.74 bits per heavy atom. The molecule has 1 N–H and O–H groups in total. The average Bonchev–Trinajstić information content (AvgIpc) is 2.66. The van der Waals surface area contributed by atoms with Gasteiger partial charge in [-0.05, 0) is 42.0 Å². The number of halogens is 1. The van der Waals surface area contributed by atoms with Crippen molar-refractivity contribution in [1.82, 2.24) is 10.2 Å². The molecule has 27 heavy (non-hydrogen) atoms. The fraction of sp³-hybridized carbons (Fsp3) is 0.333. The number of carbonyl (C=O) groups is 2. The number of hydrogen-bond donors (Lipinski definition) is 1. The Kier molecular flexibility index (Phi) is 7.75. The van der Waals surface area contributed by atoms with Gasteiger partial charge in [-0.25, -0.2) is 0 Å².